The van der Waals surface area contributed by atoms with Crippen molar-refractivity contribution in [3.8, 4) is 0 Å². The van der Waals surface area contributed by atoms with E-state index >= 15 is 0 Å². The Morgan fingerprint density at radius 2 is 1.85 bits per heavy atom. The van der Waals surface area contributed by atoms with Crippen molar-refractivity contribution in [3.63, 3.8) is 0 Å². The molecular weight excluding hydrogens is 326 g/mol. The number of hydrogen-bond donors (Lipinski definition) is 1. The lowest BCUT2D eigenvalue weighted by Crippen LogP contribution is -2.43. The summed E-state index contributed by atoms with van der Waals surface area (Å²) in [6.45, 7) is 4.99. The molecular formula is C21H25N3O2. The molecule has 4 rings (SSSR count). The highest BCUT2D eigenvalue weighted by Crippen LogP contribution is 2.48. The van der Waals surface area contributed by atoms with E-state index in [1.54, 1.807) is 0 Å². The van der Waals surface area contributed by atoms with Crippen LogP contribution in [0.15, 0.2) is 36.7 Å². The van der Waals surface area contributed by atoms with Gasteiger partial charge in [0.05, 0.1) is 22.6 Å². The van der Waals surface area contributed by atoms with Gasteiger partial charge in [-0.3, -0.25) is 4.79 Å². The number of fused-ring (bicyclic) bond motifs is 1. The van der Waals surface area contributed by atoms with Crippen LogP contribution in [-0.4, -0.2) is 39.0 Å². The van der Waals surface area contributed by atoms with Crippen molar-refractivity contribution in [3.05, 3.63) is 59.2 Å². The molecule has 1 aliphatic carbocycles. The normalized spacial score (nSPS) is 28.0. The number of amides is 1. The van der Waals surface area contributed by atoms with Gasteiger partial charge in [-0.15, -0.1) is 0 Å². The Labute approximate surface area is 154 Å². The van der Waals surface area contributed by atoms with Gasteiger partial charge in [0.1, 0.15) is 6.33 Å². The van der Waals surface area contributed by atoms with E-state index in [1.807, 2.05) is 49.1 Å². The lowest BCUT2D eigenvalue weighted by Gasteiger charge is -2.41. The lowest BCUT2D eigenvalue weighted by molar-refractivity contribution is -0.0644. The van der Waals surface area contributed by atoms with E-state index in [0.717, 1.165) is 36.2 Å². The van der Waals surface area contributed by atoms with Crippen LogP contribution in [0, 0.1) is 25.7 Å². The molecule has 26 heavy (non-hydrogen) atoms. The van der Waals surface area contributed by atoms with Gasteiger partial charge in [0, 0.05) is 19.0 Å². The average molecular weight is 351 g/mol. The topological polar surface area (TPSA) is 66.3 Å². The molecule has 1 saturated carbocycles. The summed E-state index contributed by atoms with van der Waals surface area (Å²) in [6.07, 6.45) is 4.31. The average Bonchev–Trinajstić information content (AvgIpc) is 3.08. The number of rotatable bonds is 2. The van der Waals surface area contributed by atoms with Crippen molar-refractivity contribution in [2.24, 2.45) is 11.8 Å². The van der Waals surface area contributed by atoms with Crippen LogP contribution in [0.1, 0.15) is 46.6 Å². The van der Waals surface area contributed by atoms with Crippen molar-refractivity contribution in [2.75, 3.05) is 13.1 Å². The molecule has 5 heteroatoms. The van der Waals surface area contributed by atoms with Gasteiger partial charge in [-0.25, -0.2) is 9.97 Å². The summed E-state index contributed by atoms with van der Waals surface area (Å²) in [5, 5.41) is 11.5. The van der Waals surface area contributed by atoms with Gasteiger partial charge in [0.15, 0.2) is 0 Å². The highest BCUT2D eigenvalue weighted by molar-refractivity contribution is 5.96. The van der Waals surface area contributed by atoms with Crippen LogP contribution in [-0.2, 0) is 5.60 Å². The van der Waals surface area contributed by atoms with Crippen LogP contribution in [0.5, 0.6) is 0 Å². The zero-order valence-corrected chi connectivity index (χ0v) is 15.4. The molecule has 2 aromatic rings. The molecule has 1 aromatic heterocycles. The second-order valence-corrected chi connectivity index (χ2v) is 7.68. The summed E-state index contributed by atoms with van der Waals surface area (Å²) >= 11 is 0. The molecule has 1 aliphatic heterocycles. The van der Waals surface area contributed by atoms with Crippen molar-refractivity contribution in [1.29, 1.82) is 0 Å². The van der Waals surface area contributed by atoms with Crippen LogP contribution < -0.4 is 0 Å². The van der Waals surface area contributed by atoms with Gasteiger partial charge < -0.3 is 10.0 Å². The number of benzene rings is 1. The summed E-state index contributed by atoms with van der Waals surface area (Å²) in [7, 11) is 0. The molecule has 136 valence electrons. The fraction of sp³-hybridized carbons (Fsp3) is 0.476. The second-order valence-electron chi connectivity index (χ2n) is 7.68. The third-order valence-electron chi connectivity index (χ3n) is 6.19. The summed E-state index contributed by atoms with van der Waals surface area (Å²) in [6, 6.07) is 9.93. The molecule has 3 atom stereocenters. The maximum absolute atomic E-state index is 13.1. The van der Waals surface area contributed by atoms with Crippen molar-refractivity contribution in [2.45, 2.75) is 38.7 Å². The Morgan fingerprint density at radius 1 is 1.15 bits per heavy atom. The van der Waals surface area contributed by atoms with E-state index in [-0.39, 0.29) is 11.8 Å². The molecule has 0 bridgehead atoms. The van der Waals surface area contributed by atoms with Gasteiger partial charge in [0.2, 0.25) is 0 Å². The number of likely N-dealkylation sites (tertiary alicyclic amines) is 1. The standard InChI is InChI=1S/C21H25N3O2/c1-14-19(15(2)23-13-22-14)20(25)24-11-16-7-6-10-21(26,18(16)12-24)17-8-4-3-5-9-17/h3-5,8-9,13,16,18,26H,6-7,10-12H2,1-2H3/t16-,18+,21+/m0/s1. The maximum Gasteiger partial charge on any atom is 0.257 e. The van der Waals surface area contributed by atoms with Gasteiger partial charge >= 0.3 is 0 Å². The Balaban J connectivity index is 1.63. The number of aromatic nitrogens is 2. The minimum atomic E-state index is -0.851. The summed E-state index contributed by atoms with van der Waals surface area (Å²) in [4.78, 5) is 23.4. The Kier molecular flexibility index (Phi) is 4.27. The first-order valence-corrected chi connectivity index (χ1v) is 9.36. The number of aryl methyl sites for hydroxylation is 2. The van der Waals surface area contributed by atoms with Crippen molar-refractivity contribution in [1.82, 2.24) is 14.9 Å². The highest BCUT2D eigenvalue weighted by atomic mass is 16.3. The molecule has 0 spiro atoms. The third-order valence-corrected chi connectivity index (χ3v) is 6.19. The predicted molar refractivity (Wildman–Crippen MR) is 98.6 cm³/mol. The largest absolute Gasteiger partial charge is 0.385 e. The first-order chi connectivity index (χ1) is 12.5. The van der Waals surface area contributed by atoms with Crippen molar-refractivity contribution >= 4 is 5.91 Å². The molecule has 5 nitrogen and oxygen atoms in total. The second kappa shape index (κ2) is 6.47. The highest BCUT2D eigenvalue weighted by Gasteiger charge is 2.50. The van der Waals surface area contributed by atoms with E-state index in [0.29, 0.717) is 24.6 Å². The molecule has 1 saturated heterocycles. The number of hydrogen-bond acceptors (Lipinski definition) is 4. The number of nitrogens with zero attached hydrogens (tertiary/aromatic N) is 3. The maximum atomic E-state index is 13.1. The molecule has 2 aliphatic rings. The zero-order valence-electron chi connectivity index (χ0n) is 15.4. The van der Waals surface area contributed by atoms with E-state index in [9.17, 15) is 9.90 Å². The van der Waals surface area contributed by atoms with Gasteiger partial charge in [-0.05, 0) is 44.6 Å². The minimum absolute atomic E-state index is 0.00888. The SMILES string of the molecule is Cc1ncnc(C)c1C(=O)N1C[C@@H]2CCC[C@@](O)(c3ccccc3)[C@@H]2C1. The van der Waals surface area contributed by atoms with Crippen LogP contribution >= 0.6 is 0 Å². The third kappa shape index (κ3) is 2.71. The van der Waals surface area contributed by atoms with Crippen LogP contribution in [0.4, 0.5) is 0 Å². The molecule has 1 N–H and O–H groups in total. The smallest absolute Gasteiger partial charge is 0.257 e. The first-order valence-electron chi connectivity index (χ1n) is 9.36. The summed E-state index contributed by atoms with van der Waals surface area (Å²) < 4.78 is 0. The Morgan fingerprint density at radius 3 is 2.54 bits per heavy atom. The molecule has 2 heterocycles. The predicted octanol–water partition coefficient (Wildman–Crippen LogP) is 2.85. The molecule has 0 radical (unpaired) electrons. The minimum Gasteiger partial charge on any atom is -0.385 e. The summed E-state index contributed by atoms with van der Waals surface area (Å²) in [5.74, 6) is 0.404. The van der Waals surface area contributed by atoms with Gasteiger partial charge in [0.25, 0.3) is 5.91 Å². The van der Waals surface area contributed by atoms with E-state index in [4.69, 9.17) is 0 Å². The summed E-state index contributed by atoms with van der Waals surface area (Å²) in [5.41, 5.74) is 2.16. The van der Waals surface area contributed by atoms with Gasteiger partial charge in [-0.1, -0.05) is 30.3 Å². The molecule has 1 amide bonds. The van der Waals surface area contributed by atoms with Crippen LogP contribution in [0.2, 0.25) is 0 Å². The number of aliphatic hydroxyl groups is 1. The zero-order chi connectivity index (χ0) is 18.3. The lowest BCUT2D eigenvalue weighted by atomic mass is 9.67. The number of carbonyl (C=O) groups is 1. The Bertz CT molecular complexity index is 803. The quantitative estimate of drug-likeness (QED) is 0.903. The monoisotopic (exact) mass is 351 g/mol. The molecule has 1 aromatic carbocycles. The molecule has 0 unspecified atom stereocenters. The first kappa shape index (κ1) is 17.2. The molecule has 2 fully saturated rings. The fourth-order valence-electron chi connectivity index (χ4n) is 4.84. The van der Waals surface area contributed by atoms with Gasteiger partial charge in [-0.2, -0.15) is 0 Å². The Hall–Kier alpha value is -2.27. The van der Waals surface area contributed by atoms with Crippen LogP contribution in [0.25, 0.3) is 0 Å². The van der Waals surface area contributed by atoms with E-state index in [1.165, 1.54) is 6.33 Å². The van der Waals surface area contributed by atoms with Crippen molar-refractivity contribution < 1.29 is 9.90 Å². The number of carbonyl (C=O) groups excluding carboxylic acids is 1. The fourth-order valence-corrected chi connectivity index (χ4v) is 4.84. The van der Waals surface area contributed by atoms with E-state index in [2.05, 4.69) is 9.97 Å². The van der Waals surface area contributed by atoms with Crippen LogP contribution in [0.3, 0.4) is 0 Å². The van der Waals surface area contributed by atoms with E-state index < -0.39 is 5.60 Å².